The number of alkyl halides is 3. The van der Waals surface area contributed by atoms with E-state index in [0.29, 0.717) is 27.6 Å². The highest BCUT2D eigenvalue weighted by atomic mass is 35.5. The Bertz CT molecular complexity index is 1070. The Hall–Kier alpha value is -2.39. The number of amides is 1. The lowest BCUT2D eigenvalue weighted by Gasteiger charge is -2.25. The van der Waals surface area contributed by atoms with Gasteiger partial charge in [0.05, 0.1) is 10.7 Å². The molecule has 1 aromatic carbocycles. The molecule has 1 saturated carbocycles. The highest BCUT2D eigenvalue weighted by molar-refractivity contribution is 7.16. The Labute approximate surface area is 166 Å². The van der Waals surface area contributed by atoms with E-state index in [1.54, 1.807) is 24.3 Å². The van der Waals surface area contributed by atoms with Crippen LogP contribution in [0.15, 0.2) is 30.3 Å². The summed E-state index contributed by atoms with van der Waals surface area (Å²) in [7, 11) is 0. The molecule has 146 valence electrons. The number of aromatic nitrogens is 3. The van der Waals surface area contributed by atoms with E-state index < -0.39 is 11.2 Å². The van der Waals surface area contributed by atoms with Crippen LogP contribution < -0.4 is 5.32 Å². The highest BCUT2D eigenvalue weighted by Gasteiger charge is 2.36. The van der Waals surface area contributed by atoms with Crippen LogP contribution in [-0.2, 0) is 11.0 Å². The third-order valence-electron chi connectivity index (χ3n) is 4.45. The molecular weight excluding hydrogens is 413 g/mol. The molecule has 4 rings (SSSR count). The summed E-state index contributed by atoms with van der Waals surface area (Å²) < 4.78 is 40.2. The molecule has 0 aliphatic heterocycles. The van der Waals surface area contributed by atoms with Crippen LogP contribution in [0, 0.1) is 0 Å². The van der Waals surface area contributed by atoms with E-state index in [2.05, 4.69) is 15.4 Å². The van der Waals surface area contributed by atoms with Crippen LogP contribution in [0.3, 0.4) is 0 Å². The van der Waals surface area contributed by atoms with E-state index >= 15 is 0 Å². The van der Waals surface area contributed by atoms with E-state index in [1.807, 2.05) is 0 Å². The van der Waals surface area contributed by atoms with Gasteiger partial charge >= 0.3 is 6.18 Å². The van der Waals surface area contributed by atoms with Crippen molar-refractivity contribution in [2.45, 2.75) is 31.5 Å². The number of halogens is 4. The molecule has 0 bridgehead atoms. The number of rotatable bonds is 4. The van der Waals surface area contributed by atoms with Crippen LogP contribution in [0.4, 0.5) is 13.2 Å². The number of hydrogen-bond donors (Lipinski definition) is 1. The Kier molecular flexibility index (Phi) is 4.88. The number of imidazole rings is 1. The molecule has 5 nitrogen and oxygen atoms in total. The average Bonchev–Trinajstić information content (AvgIpc) is 3.15. The van der Waals surface area contributed by atoms with Gasteiger partial charge in [-0.05, 0) is 31.4 Å². The van der Waals surface area contributed by atoms with E-state index in [0.717, 1.165) is 23.8 Å². The number of fused-ring (bicyclic) bond motifs is 1. The lowest BCUT2D eigenvalue weighted by molar-refractivity contribution is -0.138. The first-order valence-electron chi connectivity index (χ1n) is 8.53. The predicted molar refractivity (Wildman–Crippen MR) is 101 cm³/mol. The van der Waals surface area contributed by atoms with Gasteiger partial charge in [-0.15, -0.1) is 5.10 Å². The highest BCUT2D eigenvalue weighted by Crippen LogP contribution is 2.36. The summed E-state index contributed by atoms with van der Waals surface area (Å²) >= 11 is 6.67. The van der Waals surface area contributed by atoms with Gasteiger partial charge in [0.15, 0.2) is 0 Å². The van der Waals surface area contributed by atoms with Crippen molar-refractivity contribution in [1.82, 2.24) is 19.9 Å². The van der Waals surface area contributed by atoms with E-state index in [1.165, 1.54) is 12.2 Å². The Morgan fingerprint density at radius 1 is 1.32 bits per heavy atom. The minimum Gasteiger partial charge on any atom is -0.350 e. The zero-order valence-corrected chi connectivity index (χ0v) is 15.9. The monoisotopic (exact) mass is 426 g/mol. The molecule has 1 amide bonds. The summed E-state index contributed by atoms with van der Waals surface area (Å²) in [5.74, 6) is -0.309. The molecule has 2 aromatic heterocycles. The van der Waals surface area contributed by atoms with Gasteiger partial charge < -0.3 is 5.32 Å². The molecule has 2 heterocycles. The summed E-state index contributed by atoms with van der Waals surface area (Å²) in [6, 6.07) is 7.02. The Morgan fingerprint density at radius 2 is 2.07 bits per heavy atom. The second-order valence-corrected chi connectivity index (χ2v) is 7.76. The fourth-order valence-corrected chi connectivity index (χ4v) is 3.84. The molecule has 0 saturated heterocycles. The number of benzene rings is 1. The first kappa shape index (κ1) is 18.9. The predicted octanol–water partition coefficient (Wildman–Crippen LogP) is 4.81. The molecule has 0 atom stereocenters. The van der Waals surface area contributed by atoms with Gasteiger partial charge in [-0.25, -0.2) is 9.50 Å². The smallest absolute Gasteiger partial charge is 0.350 e. The van der Waals surface area contributed by atoms with Gasteiger partial charge in [-0.2, -0.15) is 13.2 Å². The second-order valence-electron chi connectivity index (χ2n) is 6.39. The summed E-state index contributed by atoms with van der Waals surface area (Å²) in [5, 5.41) is 5.89. The first-order chi connectivity index (χ1) is 13.3. The maximum atomic E-state index is 13.0. The zero-order valence-electron chi connectivity index (χ0n) is 14.3. The third-order valence-corrected chi connectivity index (χ3v) is 5.74. The minimum atomic E-state index is -4.57. The van der Waals surface area contributed by atoms with Crippen molar-refractivity contribution in [1.29, 1.82) is 0 Å². The van der Waals surface area contributed by atoms with Gasteiger partial charge in [0.25, 0.3) is 0 Å². The number of nitrogens with zero attached hydrogens (tertiary/aromatic N) is 3. The van der Waals surface area contributed by atoms with Crippen molar-refractivity contribution in [3.8, 4) is 11.3 Å². The fourth-order valence-electron chi connectivity index (χ4n) is 2.84. The van der Waals surface area contributed by atoms with Crippen molar-refractivity contribution < 1.29 is 18.0 Å². The van der Waals surface area contributed by atoms with Crippen molar-refractivity contribution in [2.24, 2.45) is 0 Å². The van der Waals surface area contributed by atoms with Crippen LogP contribution >= 0.6 is 22.9 Å². The second kappa shape index (κ2) is 7.21. The van der Waals surface area contributed by atoms with Crippen LogP contribution in [0.2, 0.25) is 5.02 Å². The van der Waals surface area contributed by atoms with Crippen LogP contribution in [-0.4, -0.2) is 26.5 Å². The van der Waals surface area contributed by atoms with Crippen molar-refractivity contribution in [3.05, 3.63) is 46.1 Å². The lowest BCUT2D eigenvalue weighted by atomic mass is 9.93. The van der Waals surface area contributed by atoms with Crippen molar-refractivity contribution in [3.63, 3.8) is 0 Å². The Balaban J connectivity index is 1.77. The maximum Gasteiger partial charge on any atom is 0.445 e. The first-order valence-corrected chi connectivity index (χ1v) is 9.72. The standard InChI is InChI=1S/C18H14ClF3N4OS/c19-12-7-2-1-6-11(12)15-13(8-9-14(27)23-10-4-3-5-10)26-17(24-15)28-16(25-26)18(20,21)22/h1-2,6-10H,3-5H2,(H,23,27)/b9-8+. The van der Waals surface area contributed by atoms with E-state index in [9.17, 15) is 18.0 Å². The SMILES string of the molecule is O=C(/C=C/c1c(-c2ccccc2Cl)nc2sc(C(F)(F)F)nn12)NC1CCC1. The van der Waals surface area contributed by atoms with Crippen molar-refractivity contribution in [2.75, 3.05) is 0 Å². The molecule has 10 heteroatoms. The summed E-state index contributed by atoms with van der Waals surface area (Å²) in [6.45, 7) is 0. The minimum absolute atomic E-state index is 0.0706. The summed E-state index contributed by atoms with van der Waals surface area (Å²) in [4.78, 5) is 16.5. The van der Waals surface area contributed by atoms with Crippen LogP contribution in [0.5, 0.6) is 0 Å². The van der Waals surface area contributed by atoms with Gasteiger partial charge in [0, 0.05) is 17.7 Å². The average molecular weight is 427 g/mol. The molecule has 0 radical (unpaired) electrons. The van der Waals surface area contributed by atoms with E-state index in [4.69, 9.17) is 11.6 Å². The molecule has 1 N–H and O–H groups in total. The topological polar surface area (TPSA) is 59.3 Å². The lowest BCUT2D eigenvalue weighted by Crippen LogP contribution is -2.38. The van der Waals surface area contributed by atoms with Gasteiger partial charge in [-0.3, -0.25) is 4.79 Å². The Morgan fingerprint density at radius 3 is 2.71 bits per heavy atom. The molecule has 1 fully saturated rings. The maximum absolute atomic E-state index is 13.0. The molecular formula is C18H14ClF3N4OS. The van der Waals surface area contributed by atoms with Gasteiger partial charge in [0.1, 0.15) is 5.69 Å². The largest absolute Gasteiger partial charge is 0.445 e. The normalized spacial score (nSPS) is 15.3. The quantitative estimate of drug-likeness (QED) is 0.609. The zero-order chi connectivity index (χ0) is 19.9. The third kappa shape index (κ3) is 3.64. The van der Waals surface area contributed by atoms with E-state index in [-0.39, 0.29) is 22.6 Å². The summed E-state index contributed by atoms with van der Waals surface area (Å²) in [5.41, 5.74) is 1.18. The van der Waals surface area contributed by atoms with Gasteiger partial charge in [-0.1, -0.05) is 41.1 Å². The fraction of sp³-hybridized carbons (Fsp3) is 0.278. The summed E-state index contributed by atoms with van der Waals surface area (Å²) in [6.07, 6.45) is 1.08. The number of carbonyl (C=O) groups excluding carboxylic acids is 1. The molecule has 0 unspecified atom stereocenters. The van der Waals surface area contributed by atoms with Gasteiger partial charge in [0.2, 0.25) is 15.9 Å². The van der Waals surface area contributed by atoms with Crippen molar-refractivity contribution >= 4 is 39.9 Å². The molecule has 1 aliphatic carbocycles. The molecule has 3 aromatic rings. The van der Waals surface area contributed by atoms with Crippen LogP contribution in [0.25, 0.3) is 22.3 Å². The van der Waals surface area contributed by atoms with Crippen LogP contribution in [0.1, 0.15) is 30.0 Å². The number of hydrogen-bond acceptors (Lipinski definition) is 4. The number of nitrogens with one attached hydrogen (secondary N) is 1. The molecule has 28 heavy (non-hydrogen) atoms. The molecule has 1 aliphatic rings. The molecule has 0 spiro atoms. The number of carbonyl (C=O) groups is 1.